The van der Waals surface area contributed by atoms with E-state index in [9.17, 15) is 15.0 Å². The minimum absolute atomic E-state index is 0.0657. The molecule has 2 aromatic carbocycles. The summed E-state index contributed by atoms with van der Waals surface area (Å²) in [6.07, 6.45) is 1.12. The number of carbonyl (C=O) groups excluding carboxylic acids is 1. The summed E-state index contributed by atoms with van der Waals surface area (Å²) in [5, 5.41) is 19.1. The van der Waals surface area contributed by atoms with E-state index in [1.165, 1.54) is 0 Å². The molecule has 0 aromatic heterocycles. The summed E-state index contributed by atoms with van der Waals surface area (Å²) in [7, 11) is 0. The Morgan fingerprint density at radius 2 is 1.85 bits per heavy atom. The molecule has 5 heteroatoms. The largest absolute Gasteiger partial charge is 0.392 e. The summed E-state index contributed by atoms with van der Waals surface area (Å²) >= 11 is 0. The van der Waals surface area contributed by atoms with Gasteiger partial charge in [0.05, 0.1) is 19.8 Å². The summed E-state index contributed by atoms with van der Waals surface area (Å²) in [6, 6.07) is 13.4. The lowest BCUT2D eigenvalue weighted by atomic mass is 9.92. The number of fused-ring (bicyclic) bond motifs is 3. The maximum Gasteiger partial charge on any atom is 0.164 e. The van der Waals surface area contributed by atoms with Crippen molar-refractivity contribution in [3.63, 3.8) is 0 Å². The highest BCUT2D eigenvalue weighted by atomic mass is 16.5. The van der Waals surface area contributed by atoms with Crippen molar-refractivity contribution in [3.8, 4) is 0 Å². The molecule has 26 heavy (non-hydrogen) atoms. The number of hydrogen-bond donors (Lipinski definition) is 2. The van der Waals surface area contributed by atoms with Crippen molar-refractivity contribution in [1.29, 1.82) is 0 Å². The van der Waals surface area contributed by atoms with Crippen LogP contribution in [-0.4, -0.2) is 40.1 Å². The first-order chi connectivity index (χ1) is 12.7. The van der Waals surface area contributed by atoms with E-state index in [0.29, 0.717) is 13.0 Å². The Morgan fingerprint density at radius 3 is 2.58 bits per heavy atom. The van der Waals surface area contributed by atoms with Crippen molar-refractivity contribution in [2.45, 2.75) is 38.3 Å². The van der Waals surface area contributed by atoms with Crippen molar-refractivity contribution >= 4 is 5.78 Å². The monoisotopic (exact) mass is 353 g/mol. The first-order valence-corrected chi connectivity index (χ1v) is 9.03. The summed E-state index contributed by atoms with van der Waals surface area (Å²) in [5.74, 6) is 0.136. The van der Waals surface area contributed by atoms with Gasteiger partial charge in [-0.05, 0) is 34.7 Å². The van der Waals surface area contributed by atoms with E-state index in [1.807, 2.05) is 42.5 Å². The minimum atomic E-state index is -0.176. The van der Waals surface area contributed by atoms with Gasteiger partial charge in [0.1, 0.15) is 6.23 Å². The Labute approximate surface area is 152 Å². The first-order valence-electron chi connectivity index (χ1n) is 9.03. The Kier molecular flexibility index (Phi) is 4.87. The number of aliphatic hydroxyl groups excluding tert-OH is 2. The summed E-state index contributed by atoms with van der Waals surface area (Å²) < 4.78 is 6.04. The molecule has 2 aliphatic rings. The van der Waals surface area contributed by atoms with E-state index in [-0.39, 0.29) is 31.3 Å². The highest BCUT2D eigenvalue weighted by Gasteiger charge is 2.40. The molecular weight excluding hydrogens is 330 g/mol. The fraction of sp³-hybridized carbons (Fsp3) is 0.381. The van der Waals surface area contributed by atoms with Gasteiger partial charge in [0.25, 0.3) is 0 Å². The van der Waals surface area contributed by atoms with Crippen LogP contribution in [0.4, 0.5) is 0 Å². The van der Waals surface area contributed by atoms with E-state index in [0.717, 1.165) is 40.8 Å². The van der Waals surface area contributed by atoms with Gasteiger partial charge in [0.15, 0.2) is 5.78 Å². The zero-order valence-corrected chi connectivity index (χ0v) is 14.6. The average molecular weight is 353 g/mol. The zero-order valence-electron chi connectivity index (χ0n) is 14.6. The fourth-order valence-electron chi connectivity index (χ4n) is 4.04. The highest BCUT2D eigenvalue weighted by Crippen LogP contribution is 2.39. The van der Waals surface area contributed by atoms with Crippen molar-refractivity contribution in [1.82, 2.24) is 4.90 Å². The molecule has 1 saturated heterocycles. The van der Waals surface area contributed by atoms with Gasteiger partial charge in [-0.3, -0.25) is 9.69 Å². The van der Waals surface area contributed by atoms with Crippen LogP contribution in [-0.2, 0) is 24.4 Å². The van der Waals surface area contributed by atoms with Crippen molar-refractivity contribution in [3.05, 3.63) is 70.3 Å². The number of carbonyl (C=O) groups is 1. The number of hydrogen-bond acceptors (Lipinski definition) is 5. The van der Waals surface area contributed by atoms with E-state index in [1.54, 1.807) is 0 Å². The molecule has 2 unspecified atom stereocenters. The van der Waals surface area contributed by atoms with Gasteiger partial charge in [-0.1, -0.05) is 36.4 Å². The van der Waals surface area contributed by atoms with Crippen molar-refractivity contribution in [2.24, 2.45) is 0 Å². The van der Waals surface area contributed by atoms with Crippen molar-refractivity contribution < 1.29 is 19.7 Å². The second kappa shape index (κ2) is 7.29. The SMILES string of the molecule is O=C(CC1COC2c3cc(CO)c(CO)cc3CCN12)c1ccccc1. The summed E-state index contributed by atoms with van der Waals surface area (Å²) in [4.78, 5) is 14.8. The van der Waals surface area contributed by atoms with Gasteiger partial charge in [0.2, 0.25) is 0 Å². The number of ketones is 1. The van der Waals surface area contributed by atoms with Crippen LogP contribution in [0.25, 0.3) is 0 Å². The number of Topliss-reactive ketones (excluding diaryl/α,β-unsaturated/α-hetero) is 1. The lowest BCUT2D eigenvalue weighted by molar-refractivity contribution is 0.0213. The summed E-state index contributed by atoms with van der Waals surface area (Å²) in [5.41, 5.74) is 4.45. The number of aliphatic hydroxyl groups is 2. The Balaban J connectivity index is 1.55. The third-order valence-electron chi connectivity index (χ3n) is 5.44. The van der Waals surface area contributed by atoms with Gasteiger partial charge >= 0.3 is 0 Å². The third kappa shape index (κ3) is 3.08. The Bertz CT molecular complexity index is 805. The van der Waals surface area contributed by atoms with Gasteiger partial charge in [0, 0.05) is 24.6 Å². The molecule has 0 radical (unpaired) electrons. The Hall–Kier alpha value is -2.05. The maximum absolute atomic E-state index is 12.6. The predicted octanol–water partition coefficient (Wildman–Crippen LogP) is 2.20. The quantitative estimate of drug-likeness (QED) is 0.807. The number of benzene rings is 2. The van der Waals surface area contributed by atoms with Crippen LogP contribution in [0, 0.1) is 0 Å². The molecule has 5 nitrogen and oxygen atoms in total. The molecule has 2 N–H and O–H groups in total. The molecule has 1 fully saturated rings. The topological polar surface area (TPSA) is 70.0 Å². The number of nitrogens with zero attached hydrogens (tertiary/aromatic N) is 1. The van der Waals surface area contributed by atoms with Gasteiger partial charge in [-0.2, -0.15) is 0 Å². The molecule has 0 aliphatic carbocycles. The van der Waals surface area contributed by atoms with Gasteiger partial charge in [-0.25, -0.2) is 0 Å². The number of rotatable bonds is 5. The molecule has 4 rings (SSSR count). The lowest BCUT2D eigenvalue weighted by Gasteiger charge is -2.34. The molecule has 0 saturated carbocycles. The molecule has 2 aliphatic heterocycles. The molecule has 2 aromatic rings. The second-order valence-electron chi connectivity index (χ2n) is 6.96. The molecular formula is C21H23NO4. The zero-order chi connectivity index (χ0) is 18.1. The van der Waals surface area contributed by atoms with Crippen LogP contribution < -0.4 is 0 Å². The average Bonchev–Trinajstić information content (AvgIpc) is 3.10. The lowest BCUT2D eigenvalue weighted by Crippen LogP contribution is -2.39. The van der Waals surface area contributed by atoms with Crippen LogP contribution in [0.15, 0.2) is 42.5 Å². The van der Waals surface area contributed by atoms with E-state index in [4.69, 9.17) is 4.74 Å². The number of ether oxygens (including phenoxy) is 1. The molecule has 0 bridgehead atoms. The van der Waals surface area contributed by atoms with Crippen LogP contribution in [0.2, 0.25) is 0 Å². The van der Waals surface area contributed by atoms with Gasteiger partial charge < -0.3 is 14.9 Å². The standard InChI is InChI=1S/C21H23NO4/c23-11-16-8-15-6-7-22-18(10-20(25)14-4-2-1-3-5-14)13-26-21(22)19(15)9-17(16)12-24/h1-5,8-9,18,21,23-24H,6-7,10-13H2. The first kappa shape index (κ1) is 17.4. The fourth-order valence-corrected chi connectivity index (χ4v) is 4.04. The highest BCUT2D eigenvalue weighted by molar-refractivity contribution is 5.96. The molecule has 2 atom stereocenters. The molecule has 136 valence electrons. The van der Waals surface area contributed by atoms with E-state index >= 15 is 0 Å². The van der Waals surface area contributed by atoms with Crippen LogP contribution in [0.1, 0.15) is 45.3 Å². The van der Waals surface area contributed by atoms with Crippen molar-refractivity contribution in [2.75, 3.05) is 13.2 Å². The third-order valence-corrected chi connectivity index (χ3v) is 5.44. The normalized spacial score (nSPS) is 22.1. The van der Waals surface area contributed by atoms with Crippen LogP contribution >= 0.6 is 0 Å². The summed E-state index contributed by atoms with van der Waals surface area (Å²) in [6.45, 7) is 1.17. The van der Waals surface area contributed by atoms with Crippen LogP contribution in [0.3, 0.4) is 0 Å². The van der Waals surface area contributed by atoms with E-state index in [2.05, 4.69) is 4.90 Å². The molecule has 0 spiro atoms. The Morgan fingerprint density at radius 1 is 1.12 bits per heavy atom. The predicted molar refractivity (Wildman–Crippen MR) is 96.6 cm³/mol. The van der Waals surface area contributed by atoms with E-state index < -0.39 is 0 Å². The second-order valence-corrected chi connectivity index (χ2v) is 6.96. The van der Waals surface area contributed by atoms with Gasteiger partial charge in [-0.15, -0.1) is 0 Å². The molecule has 2 heterocycles. The molecule has 0 amide bonds. The van der Waals surface area contributed by atoms with Crippen LogP contribution in [0.5, 0.6) is 0 Å². The minimum Gasteiger partial charge on any atom is -0.392 e. The smallest absolute Gasteiger partial charge is 0.164 e. The maximum atomic E-state index is 12.6.